The van der Waals surface area contributed by atoms with Gasteiger partial charge in [0.2, 0.25) is 15.9 Å². The minimum absolute atomic E-state index is 0.149. The molecule has 1 saturated heterocycles. The first-order chi connectivity index (χ1) is 13.8. The zero-order valence-corrected chi connectivity index (χ0v) is 17.5. The SMILES string of the molecule is CC(C(=O)N1CCN(Cc2ccccc2)CC1)N(c1cccc(F)c1)S(C)(=O)=O. The van der Waals surface area contributed by atoms with Crippen LogP contribution in [0.15, 0.2) is 54.6 Å². The van der Waals surface area contributed by atoms with Crippen molar-refractivity contribution in [3.63, 3.8) is 0 Å². The van der Waals surface area contributed by atoms with E-state index < -0.39 is 21.9 Å². The molecule has 1 aliphatic rings. The fourth-order valence-electron chi connectivity index (χ4n) is 3.65. The number of hydrogen-bond acceptors (Lipinski definition) is 4. The number of benzene rings is 2. The fourth-order valence-corrected chi connectivity index (χ4v) is 4.81. The molecule has 1 amide bonds. The van der Waals surface area contributed by atoms with Crippen molar-refractivity contribution in [1.29, 1.82) is 0 Å². The van der Waals surface area contributed by atoms with Gasteiger partial charge in [-0.3, -0.25) is 14.0 Å². The Hall–Kier alpha value is -2.45. The Labute approximate surface area is 171 Å². The molecule has 1 atom stereocenters. The van der Waals surface area contributed by atoms with E-state index in [0.717, 1.165) is 23.2 Å². The van der Waals surface area contributed by atoms with Crippen LogP contribution in [-0.2, 0) is 21.4 Å². The molecule has 1 unspecified atom stereocenters. The van der Waals surface area contributed by atoms with Crippen molar-refractivity contribution in [3.8, 4) is 0 Å². The molecule has 1 fully saturated rings. The van der Waals surface area contributed by atoms with Crippen LogP contribution in [0.1, 0.15) is 12.5 Å². The highest BCUT2D eigenvalue weighted by molar-refractivity contribution is 7.92. The number of carbonyl (C=O) groups excluding carboxylic acids is 1. The minimum atomic E-state index is -3.76. The van der Waals surface area contributed by atoms with Crippen LogP contribution < -0.4 is 4.31 Å². The third-order valence-electron chi connectivity index (χ3n) is 5.06. The lowest BCUT2D eigenvalue weighted by atomic mass is 10.2. The molecular formula is C21H26FN3O3S. The van der Waals surface area contributed by atoms with Gasteiger partial charge in [-0.2, -0.15) is 0 Å². The molecule has 1 aliphatic heterocycles. The van der Waals surface area contributed by atoms with Gasteiger partial charge in [-0.15, -0.1) is 0 Å². The van der Waals surface area contributed by atoms with Gasteiger partial charge in [0.1, 0.15) is 11.9 Å². The highest BCUT2D eigenvalue weighted by Gasteiger charge is 2.33. The van der Waals surface area contributed by atoms with Crippen molar-refractivity contribution in [2.24, 2.45) is 0 Å². The van der Waals surface area contributed by atoms with E-state index in [2.05, 4.69) is 17.0 Å². The number of carbonyl (C=O) groups is 1. The lowest BCUT2D eigenvalue weighted by Crippen LogP contribution is -2.55. The van der Waals surface area contributed by atoms with Crippen LogP contribution in [0.3, 0.4) is 0 Å². The molecule has 0 saturated carbocycles. The van der Waals surface area contributed by atoms with E-state index >= 15 is 0 Å². The molecule has 0 aliphatic carbocycles. The van der Waals surface area contributed by atoms with Crippen LogP contribution in [0.5, 0.6) is 0 Å². The molecule has 6 nitrogen and oxygen atoms in total. The van der Waals surface area contributed by atoms with Crippen molar-refractivity contribution < 1.29 is 17.6 Å². The molecule has 0 aromatic heterocycles. The fraction of sp³-hybridized carbons (Fsp3) is 0.381. The van der Waals surface area contributed by atoms with E-state index in [9.17, 15) is 17.6 Å². The predicted molar refractivity (Wildman–Crippen MR) is 111 cm³/mol. The number of nitrogens with zero attached hydrogens (tertiary/aromatic N) is 3. The maximum absolute atomic E-state index is 13.6. The Morgan fingerprint density at radius 3 is 2.31 bits per heavy atom. The van der Waals surface area contributed by atoms with E-state index in [1.165, 1.54) is 23.8 Å². The first kappa shape index (κ1) is 21.3. The average molecular weight is 420 g/mol. The molecule has 2 aromatic carbocycles. The second-order valence-electron chi connectivity index (χ2n) is 7.30. The maximum atomic E-state index is 13.6. The molecule has 0 N–H and O–H groups in total. The van der Waals surface area contributed by atoms with Gasteiger partial charge in [-0.25, -0.2) is 12.8 Å². The molecule has 156 valence electrons. The largest absolute Gasteiger partial charge is 0.338 e. The first-order valence-electron chi connectivity index (χ1n) is 9.56. The second kappa shape index (κ2) is 8.92. The smallest absolute Gasteiger partial charge is 0.246 e. The van der Waals surface area contributed by atoms with Crippen molar-refractivity contribution in [2.75, 3.05) is 36.7 Å². The predicted octanol–water partition coefficient (Wildman–Crippen LogP) is 2.32. The summed E-state index contributed by atoms with van der Waals surface area (Å²) in [5, 5.41) is 0. The van der Waals surface area contributed by atoms with E-state index in [1.807, 2.05) is 18.2 Å². The summed E-state index contributed by atoms with van der Waals surface area (Å²) in [6.07, 6.45) is 1.03. The molecule has 1 heterocycles. The van der Waals surface area contributed by atoms with Crippen molar-refractivity contribution in [2.45, 2.75) is 19.5 Å². The highest BCUT2D eigenvalue weighted by Crippen LogP contribution is 2.23. The summed E-state index contributed by atoms with van der Waals surface area (Å²) < 4.78 is 39.3. The quantitative estimate of drug-likeness (QED) is 0.721. The van der Waals surface area contributed by atoms with E-state index in [0.29, 0.717) is 26.2 Å². The Bertz CT molecular complexity index is 945. The second-order valence-corrected chi connectivity index (χ2v) is 9.16. The lowest BCUT2D eigenvalue weighted by molar-refractivity contribution is -0.133. The molecule has 0 spiro atoms. The maximum Gasteiger partial charge on any atom is 0.246 e. The molecule has 2 aromatic rings. The van der Waals surface area contributed by atoms with Gasteiger partial charge < -0.3 is 4.90 Å². The standard InChI is InChI=1S/C21H26FN3O3S/c1-17(25(29(2,27)28)20-10-6-9-19(22)15-20)21(26)24-13-11-23(12-14-24)16-18-7-4-3-5-8-18/h3-10,15,17H,11-14,16H2,1-2H3. The summed E-state index contributed by atoms with van der Waals surface area (Å²) in [4.78, 5) is 17.0. The zero-order valence-electron chi connectivity index (χ0n) is 16.7. The van der Waals surface area contributed by atoms with Gasteiger partial charge in [0.25, 0.3) is 0 Å². The van der Waals surface area contributed by atoms with Gasteiger partial charge in [-0.05, 0) is 30.7 Å². The van der Waals surface area contributed by atoms with E-state index in [-0.39, 0.29) is 11.6 Å². The normalized spacial score (nSPS) is 16.4. The first-order valence-corrected chi connectivity index (χ1v) is 11.4. The van der Waals surface area contributed by atoms with E-state index in [4.69, 9.17) is 0 Å². The van der Waals surface area contributed by atoms with Gasteiger partial charge in [0.15, 0.2) is 0 Å². The number of hydrogen-bond donors (Lipinski definition) is 0. The van der Waals surface area contributed by atoms with Crippen LogP contribution >= 0.6 is 0 Å². The summed E-state index contributed by atoms with van der Waals surface area (Å²) in [5.41, 5.74) is 1.37. The van der Waals surface area contributed by atoms with Gasteiger partial charge in [0.05, 0.1) is 11.9 Å². The summed E-state index contributed by atoms with van der Waals surface area (Å²) in [5.74, 6) is -0.829. The number of anilines is 1. The van der Waals surface area contributed by atoms with Crippen LogP contribution in [0.2, 0.25) is 0 Å². The van der Waals surface area contributed by atoms with Crippen LogP contribution in [-0.4, -0.2) is 62.6 Å². The van der Waals surface area contributed by atoms with Gasteiger partial charge in [0, 0.05) is 32.7 Å². The molecule has 8 heteroatoms. The third-order valence-corrected chi connectivity index (χ3v) is 6.30. The van der Waals surface area contributed by atoms with Crippen LogP contribution in [0.4, 0.5) is 10.1 Å². The van der Waals surface area contributed by atoms with Gasteiger partial charge in [-0.1, -0.05) is 36.4 Å². The molecule has 0 bridgehead atoms. The Morgan fingerprint density at radius 1 is 1.07 bits per heavy atom. The summed E-state index contributed by atoms with van der Waals surface area (Å²) >= 11 is 0. The Kier molecular flexibility index (Phi) is 6.54. The Morgan fingerprint density at radius 2 is 1.72 bits per heavy atom. The molecule has 0 radical (unpaired) electrons. The van der Waals surface area contributed by atoms with Crippen LogP contribution in [0.25, 0.3) is 0 Å². The molecular weight excluding hydrogens is 393 g/mol. The number of amides is 1. The molecule has 3 rings (SSSR count). The summed E-state index contributed by atoms with van der Waals surface area (Å²) in [6, 6.07) is 14.5. The van der Waals surface area contributed by atoms with Gasteiger partial charge >= 0.3 is 0 Å². The van der Waals surface area contributed by atoms with Crippen LogP contribution in [0, 0.1) is 5.82 Å². The van der Waals surface area contributed by atoms with Crippen molar-refractivity contribution in [1.82, 2.24) is 9.80 Å². The summed E-state index contributed by atoms with van der Waals surface area (Å²) in [7, 11) is -3.76. The monoisotopic (exact) mass is 419 g/mol. The number of piperazine rings is 1. The topological polar surface area (TPSA) is 60.9 Å². The number of halogens is 1. The van der Waals surface area contributed by atoms with Crippen molar-refractivity contribution >= 4 is 21.6 Å². The number of rotatable bonds is 6. The number of sulfonamides is 1. The third kappa shape index (κ3) is 5.33. The average Bonchev–Trinajstić information content (AvgIpc) is 2.68. The highest BCUT2D eigenvalue weighted by atomic mass is 32.2. The lowest BCUT2D eigenvalue weighted by Gasteiger charge is -2.38. The zero-order chi connectivity index (χ0) is 21.0. The summed E-state index contributed by atoms with van der Waals surface area (Å²) in [6.45, 7) is 4.84. The minimum Gasteiger partial charge on any atom is -0.338 e. The van der Waals surface area contributed by atoms with Crippen molar-refractivity contribution in [3.05, 3.63) is 66.0 Å². The Balaban J connectivity index is 1.67. The van der Waals surface area contributed by atoms with E-state index in [1.54, 1.807) is 11.8 Å². The molecule has 29 heavy (non-hydrogen) atoms.